The number of anilines is 1. The molecule has 0 amide bonds. The second-order valence-corrected chi connectivity index (χ2v) is 6.89. The molecule has 1 aliphatic rings. The van der Waals surface area contributed by atoms with Crippen molar-refractivity contribution in [3.05, 3.63) is 50.7 Å². The minimum Gasteiger partial charge on any atom is -0.358 e. The molecule has 1 aliphatic heterocycles. The molecule has 8 heteroatoms. The quantitative estimate of drug-likeness (QED) is 0.429. The summed E-state index contributed by atoms with van der Waals surface area (Å²) in [6, 6.07) is 8.66. The van der Waals surface area contributed by atoms with Gasteiger partial charge in [-0.2, -0.15) is 0 Å². The van der Waals surface area contributed by atoms with Gasteiger partial charge in [0, 0.05) is 44.7 Å². The Balaban J connectivity index is 1.43. The molecule has 1 saturated heterocycles. The fourth-order valence-electron chi connectivity index (χ4n) is 2.91. The van der Waals surface area contributed by atoms with Crippen LogP contribution in [0.15, 0.2) is 35.7 Å². The lowest BCUT2D eigenvalue weighted by molar-refractivity contribution is -0.389. The van der Waals surface area contributed by atoms with Crippen molar-refractivity contribution in [3.63, 3.8) is 0 Å². The Morgan fingerprint density at radius 3 is 2.68 bits per heavy atom. The molecule has 0 saturated carbocycles. The van der Waals surface area contributed by atoms with Crippen molar-refractivity contribution in [2.45, 2.75) is 12.8 Å². The van der Waals surface area contributed by atoms with Crippen molar-refractivity contribution in [2.75, 3.05) is 37.6 Å². The lowest BCUT2D eigenvalue weighted by Gasteiger charge is -2.33. The molecule has 0 radical (unpaired) electrons. The first-order valence-electron chi connectivity index (χ1n) is 8.29. The van der Waals surface area contributed by atoms with Crippen molar-refractivity contribution >= 4 is 28.8 Å². The third kappa shape index (κ3) is 4.61. The lowest BCUT2D eigenvalue weighted by atomic mass is 10.2. The minimum absolute atomic E-state index is 0.119. The zero-order valence-electron chi connectivity index (χ0n) is 13.8. The van der Waals surface area contributed by atoms with Gasteiger partial charge in [-0.25, -0.2) is 0 Å². The molecule has 3 heterocycles. The molecule has 2 aromatic heterocycles. The van der Waals surface area contributed by atoms with Crippen LogP contribution in [-0.2, 0) is 0 Å². The van der Waals surface area contributed by atoms with Gasteiger partial charge in [-0.05, 0) is 40.4 Å². The van der Waals surface area contributed by atoms with Crippen LogP contribution in [0.1, 0.15) is 22.5 Å². The average Bonchev–Trinajstić information content (AvgIpc) is 3.17. The van der Waals surface area contributed by atoms with Gasteiger partial charge >= 0.3 is 5.82 Å². The first kappa shape index (κ1) is 17.5. The highest BCUT2D eigenvalue weighted by Gasteiger charge is 2.21. The van der Waals surface area contributed by atoms with Gasteiger partial charge in [0.2, 0.25) is 5.82 Å². The number of nitro groups is 1. The SMILES string of the molecule is O=C(CCCN1CCN(c2cccc([N+](=O)[O-])n2)CC1)c1cccs1. The number of hydrogen-bond donors (Lipinski definition) is 0. The molecule has 3 rings (SSSR count). The predicted molar refractivity (Wildman–Crippen MR) is 97.4 cm³/mol. The number of Topliss-reactive ketones (excluding diaryl/α,β-unsaturated/α-hetero) is 1. The summed E-state index contributed by atoms with van der Waals surface area (Å²) in [7, 11) is 0. The second-order valence-electron chi connectivity index (χ2n) is 5.94. The monoisotopic (exact) mass is 360 g/mol. The van der Waals surface area contributed by atoms with Crippen molar-refractivity contribution < 1.29 is 9.72 Å². The highest BCUT2D eigenvalue weighted by Crippen LogP contribution is 2.18. The van der Waals surface area contributed by atoms with Crippen molar-refractivity contribution in [3.8, 4) is 0 Å². The fourth-order valence-corrected chi connectivity index (χ4v) is 3.61. The zero-order valence-corrected chi connectivity index (χ0v) is 14.7. The van der Waals surface area contributed by atoms with Gasteiger partial charge in [-0.1, -0.05) is 6.07 Å². The summed E-state index contributed by atoms with van der Waals surface area (Å²) in [5.74, 6) is 0.753. The average molecular weight is 360 g/mol. The fraction of sp³-hybridized carbons (Fsp3) is 0.412. The first-order valence-corrected chi connectivity index (χ1v) is 9.17. The number of ketones is 1. The van der Waals surface area contributed by atoms with E-state index in [2.05, 4.69) is 14.8 Å². The van der Waals surface area contributed by atoms with Crippen LogP contribution in [0, 0.1) is 10.1 Å². The van der Waals surface area contributed by atoms with Crippen LogP contribution in [0.2, 0.25) is 0 Å². The molecule has 0 unspecified atom stereocenters. The summed E-state index contributed by atoms with van der Waals surface area (Å²) < 4.78 is 0. The Labute approximate surface area is 150 Å². The summed E-state index contributed by atoms with van der Waals surface area (Å²) in [5, 5.41) is 12.8. The minimum atomic E-state index is -0.468. The zero-order chi connectivity index (χ0) is 17.6. The number of rotatable bonds is 7. The Hall–Kier alpha value is -2.32. The summed E-state index contributed by atoms with van der Waals surface area (Å²) in [6.45, 7) is 4.21. The van der Waals surface area contributed by atoms with Crippen molar-refractivity contribution in [1.82, 2.24) is 9.88 Å². The van der Waals surface area contributed by atoms with E-state index in [1.807, 2.05) is 23.6 Å². The number of carbonyl (C=O) groups excluding carboxylic acids is 1. The van der Waals surface area contributed by atoms with Crippen LogP contribution in [-0.4, -0.2) is 53.3 Å². The third-order valence-electron chi connectivity index (χ3n) is 4.28. The molecular weight excluding hydrogens is 340 g/mol. The van der Waals surface area contributed by atoms with Crippen molar-refractivity contribution in [1.29, 1.82) is 0 Å². The number of thiophene rings is 1. The van der Waals surface area contributed by atoms with E-state index in [1.165, 1.54) is 17.4 Å². The smallest absolute Gasteiger partial charge is 0.358 e. The molecule has 0 atom stereocenters. The van der Waals surface area contributed by atoms with Crippen LogP contribution < -0.4 is 4.90 Å². The van der Waals surface area contributed by atoms with E-state index in [4.69, 9.17) is 0 Å². The lowest BCUT2D eigenvalue weighted by Crippen LogP contribution is -2.47. The standard InChI is InChI=1S/C17H20N4O3S/c22-14(15-5-3-13-25-15)4-2-8-19-9-11-20(12-10-19)16-6-1-7-17(18-16)21(23)24/h1,3,5-7,13H,2,4,8-12H2. The normalized spacial score (nSPS) is 15.3. The second kappa shape index (κ2) is 8.17. The number of hydrogen-bond acceptors (Lipinski definition) is 7. The molecule has 0 N–H and O–H groups in total. The number of nitrogens with zero attached hydrogens (tertiary/aromatic N) is 4. The molecular formula is C17H20N4O3S. The van der Waals surface area contributed by atoms with Gasteiger partial charge in [0.15, 0.2) is 5.78 Å². The molecule has 2 aromatic rings. The van der Waals surface area contributed by atoms with Crippen LogP contribution in [0.4, 0.5) is 11.6 Å². The predicted octanol–water partition coefficient (Wildman–Crippen LogP) is 2.84. The molecule has 7 nitrogen and oxygen atoms in total. The van der Waals surface area contributed by atoms with Gasteiger partial charge in [0.1, 0.15) is 0 Å². The van der Waals surface area contributed by atoms with Crippen LogP contribution >= 0.6 is 11.3 Å². The van der Waals surface area contributed by atoms with Crippen molar-refractivity contribution in [2.24, 2.45) is 0 Å². The number of pyridine rings is 1. The molecule has 0 spiro atoms. The number of carbonyl (C=O) groups is 1. The first-order chi connectivity index (χ1) is 12.1. The molecule has 25 heavy (non-hydrogen) atoms. The Morgan fingerprint density at radius 1 is 1.20 bits per heavy atom. The number of aromatic nitrogens is 1. The maximum Gasteiger partial charge on any atom is 0.365 e. The highest BCUT2D eigenvalue weighted by molar-refractivity contribution is 7.12. The van der Waals surface area contributed by atoms with Crippen LogP contribution in [0.5, 0.6) is 0 Å². The van der Waals surface area contributed by atoms with Gasteiger partial charge in [-0.15, -0.1) is 11.3 Å². The van der Waals surface area contributed by atoms with Gasteiger partial charge < -0.3 is 15.0 Å². The Morgan fingerprint density at radius 2 is 2.00 bits per heavy atom. The van der Waals surface area contributed by atoms with Gasteiger partial charge in [-0.3, -0.25) is 9.69 Å². The summed E-state index contributed by atoms with van der Waals surface area (Å²) in [4.78, 5) is 31.7. The van der Waals surface area contributed by atoms with E-state index in [-0.39, 0.29) is 11.6 Å². The van der Waals surface area contributed by atoms with E-state index in [0.29, 0.717) is 12.2 Å². The largest absolute Gasteiger partial charge is 0.365 e. The van der Waals surface area contributed by atoms with Gasteiger partial charge in [0.25, 0.3) is 0 Å². The Kier molecular flexibility index (Phi) is 5.72. The summed E-state index contributed by atoms with van der Waals surface area (Å²) in [6.07, 6.45) is 1.43. The maximum atomic E-state index is 12.0. The summed E-state index contributed by atoms with van der Waals surface area (Å²) in [5.41, 5.74) is 0. The molecule has 0 aromatic carbocycles. The van der Waals surface area contributed by atoms with Crippen LogP contribution in [0.3, 0.4) is 0 Å². The molecule has 0 bridgehead atoms. The third-order valence-corrected chi connectivity index (χ3v) is 5.19. The topological polar surface area (TPSA) is 79.6 Å². The van der Waals surface area contributed by atoms with Gasteiger partial charge in [0.05, 0.1) is 4.88 Å². The molecule has 1 fully saturated rings. The Bertz CT molecular complexity index is 727. The number of piperazine rings is 1. The maximum absolute atomic E-state index is 12.0. The molecule has 132 valence electrons. The highest BCUT2D eigenvalue weighted by atomic mass is 32.1. The van der Waals surface area contributed by atoms with Crippen LogP contribution in [0.25, 0.3) is 0 Å². The van der Waals surface area contributed by atoms with E-state index in [1.54, 1.807) is 6.07 Å². The summed E-state index contributed by atoms with van der Waals surface area (Å²) >= 11 is 1.49. The van der Waals surface area contributed by atoms with E-state index >= 15 is 0 Å². The van der Waals surface area contributed by atoms with E-state index < -0.39 is 4.92 Å². The van der Waals surface area contributed by atoms with E-state index in [0.717, 1.165) is 44.0 Å². The van der Waals surface area contributed by atoms with E-state index in [9.17, 15) is 14.9 Å². The molecule has 0 aliphatic carbocycles.